The van der Waals surface area contributed by atoms with Crippen molar-refractivity contribution in [1.29, 1.82) is 0 Å². The largest absolute Gasteiger partial charge is 0.495 e. The Balaban J connectivity index is 1.66. The second kappa shape index (κ2) is 12.2. The van der Waals surface area contributed by atoms with E-state index in [-0.39, 0.29) is 37.1 Å². The second-order valence-electron chi connectivity index (χ2n) is 7.68. The van der Waals surface area contributed by atoms with Gasteiger partial charge in [0.05, 0.1) is 12.8 Å². The number of carbonyl (C=O) groups excluding carboxylic acids is 3. The van der Waals surface area contributed by atoms with Crippen LogP contribution in [0.1, 0.15) is 24.0 Å². The first-order valence-corrected chi connectivity index (χ1v) is 10.9. The summed E-state index contributed by atoms with van der Waals surface area (Å²) >= 11 is 0. The number of methoxy groups -OCH3 is 1. The fourth-order valence-corrected chi connectivity index (χ4v) is 3.32. The second-order valence-corrected chi connectivity index (χ2v) is 7.68. The number of nitrogens with zero attached hydrogens (tertiary/aromatic N) is 2. The topological polar surface area (TPSA) is 101 Å². The summed E-state index contributed by atoms with van der Waals surface area (Å²) in [6.45, 7) is 2.04. The number of nitrogens with one attached hydrogen (secondary N) is 2. The number of rotatable bonds is 10. The normalized spacial score (nSPS) is 10.3. The number of aromatic nitrogens is 1. The highest BCUT2D eigenvalue weighted by molar-refractivity contribution is 6.02. The Morgan fingerprint density at radius 1 is 0.941 bits per heavy atom. The number of ether oxygens (including phenoxy) is 1. The van der Waals surface area contributed by atoms with E-state index in [9.17, 15) is 14.4 Å². The smallest absolute Gasteiger partial charge is 0.240 e. The molecule has 2 N–H and O–H groups in total. The molecule has 0 aliphatic carbocycles. The van der Waals surface area contributed by atoms with Crippen LogP contribution in [0, 0.1) is 6.92 Å². The number of benzene rings is 2. The van der Waals surface area contributed by atoms with Crippen LogP contribution in [0.5, 0.6) is 5.75 Å². The van der Waals surface area contributed by atoms with Gasteiger partial charge in [-0.3, -0.25) is 19.3 Å². The average Bonchev–Trinajstić information content (AvgIpc) is 2.85. The summed E-state index contributed by atoms with van der Waals surface area (Å²) in [5.41, 5.74) is 2.38. The highest BCUT2D eigenvalue weighted by Gasteiger charge is 2.23. The molecule has 0 unspecified atom stereocenters. The summed E-state index contributed by atoms with van der Waals surface area (Å²) in [4.78, 5) is 43.6. The summed E-state index contributed by atoms with van der Waals surface area (Å²) in [5, 5.41) is 5.53. The van der Waals surface area contributed by atoms with Gasteiger partial charge in [0.25, 0.3) is 0 Å². The SMILES string of the molecule is COc1ccccc1N(CC(=O)NCc1ccccc1)C(=O)CCC(=O)Nc1cc(C)ccn1. The Hall–Kier alpha value is -4.20. The van der Waals surface area contributed by atoms with E-state index in [0.29, 0.717) is 23.8 Å². The average molecular weight is 461 g/mol. The van der Waals surface area contributed by atoms with E-state index >= 15 is 0 Å². The minimum absolute atomic E-state index is 0.0499. The molecular weight excluding hydrogens is 432 g/mol. The Bertz CT molecular complexity index is 1130. The van der Waals surface area contributed by atoms with Gasteiger partial charge >= 0.3 is 0 Å². The molecule has 34 heavy (non-hydrogen) atoms. The third-order valence-electron chi connectivity index (χ3n) is 5.06. The molecule has 0 fully saturated rings. The maximum atomic E-state index is 13.1. The molecule has 8 heteroatoms. The third-order valence-corrected chi connectivity index (χ3v) is 5.06. The molecule has 0 radical (unpaired) electrons. The lowest BCUT2D eigenvalue weighted by Gasteiger charge is -2.24. The zero-order chi connectivity index (χ0) is 24.3. The van der Waals surface area contributed by atoms with Crippen molar-refractivity contribution in [2.24, 2.45) is 0 Å². The van der Waals surface area contributed by atoms with Crippen molar-refractivity contribution >= 4 is 29.2 Å². The van der Waals surface area contributed by atoms with E-state index < -0.39 is 0 Å². The van der Waals surface area contributed by atoms with Gasteiger partial charge in [-0.05, 0) is 42.3 Å². The van der Waals surface area contributed by atoms with Crippen LogP contribution in [-0.4, -0.2) is 36.4 Å². The molecule has 1 aromatic heterocycles. The molecule has 3 aromatic rings. The first-order valence-electron chi connectivity index (χ1n) is 10.9. The van der Waals surface area contributed by atoms with Gasteiger partial charge in [-0.2, -0.15) is 0 Å². The molecule has 8 nitrogen and oxygen atoms in total. The number of aryl methyl sites for hydroxylation is 1. The quantitative estimate of drug-likeness (QED) is 0.483. The maximum Gasteiger partial charge on any atom is 0.240 e. The Kier molecular flexibility index (Phi) is 8.73. The van der Waals surface area contributed by atoms with Crippen molar-refractivity contribution in [3.63, 3.8) is 0 Å². The van der Waals surface area contributed by atoms with Crippen LogP contribution in [0.3, 0.4) is 0 Å². The van der Waals surface area contributed by atoms with E-state index in [1.807, 2.05) is 43.3 Å². The lowest BCUT2D eigenvalue weighted by Crippen LogP contribution is -2.41. The lowest BCUT2D eigenvalue weighted by molar-refractivity contribution is -0.125. The van der Waals surface area contributed by atoms with Gasteiger partial charge in [0.1, 0.15) is 18.1 Å². The van der Waals surface area contributed by atoms with Crippen LogP contribution >= 0.6 is 0 Å². The van der Waals surface area contributed by atoms with Crippen molar-refractivity contribution < 1.29 is 19.1 Å². The highest BCUT2D eigenvalue weighted by Crippen LogP contribution is 2.28. The molecule has 1 heterocycles. The summed E-state index contributed by atoms with van der Waals surface area (Å²) in [7, 11) is 1.50. The Morgan fingerprint density at radius 3 is 2.41 bits per heavy atom. The molecule has 0 saturated heterocycles. The molecule has 0 saturated carbocycles. The van der Waals surface area contributed by atoms with E-state index in [1.165, 1.54) is 12.0 Å². The van der Waals surface area contributed by atoms with Gasteiger partial charge in [0.15, 0.2) is 0 Å². The van der Waals surface area contributed by atoms with Crippen molar-refractivity contribution in [2.45, 2.75) is 26.3 Å². The molecule has 176 valence electrons. The van der Waals surface area contributed by atoms with E-state index in [1.54, 1.807) is 36.5 Å². The minimum Gasteiger partial charge on any atom is -0.495 e. The van der Waals surface area contributed by atoms with Gasteiger partial charge in [-0.15, -0.1) is 0 Å². The van der Waals surface area contributed by atoms with Crippen LogP contribution in [0.4, 0.5) is 11.5 Å². The zero-order valence-electron chi connectivity index (χ0n) is 19.3. The maximum absolute atomic E-state index is 13.1. The summed E-state index contributed by atoms with van der Waals surface area (Å²) in [6.07, 6.45) is 1.47. The van der Waals surface area contributed by atoms with E-state index in [0.717, 1.165) is 11.1 Å². The molecule has 0 aliphatic heterocycles. The number of anilines is 2. The number of pyridine rings is 1. The minimum atomic E-state index is -0.369. The van der Waals surface area contributed by atoms with Crippen LogP contribution in [-0.2, 0) is 20.9 Å². The lowest BCUT2D eigenvalue weighted by atomic mass is 10.2. The van der Waals surface area contributed by atoms with Crippen LogP contribution < -0.4 is 20.3 Å². The standard InChI is InChI=1S/C26H28N4O4/c1-19-14-15-27-23(16-19)29-24(31)12-13-26(33)30(21-10-6-7-11-22(21)34-2)18-25(32)28-17-20-8-4-3-5-9-20/h3-11,14-16H,12-13,17-18H2,1-2H3,(H,28,32)(H,27,29,31). The fraction of sp³-hybridized carbons (Fsp3) is 0.231. The first kappa shape index (κ1) is 24.4. The van der Waals surface area contributed by atoms with Gasteiger partial charge < -0.3 is 15.4 Å². The highest BCUT2D eigenvalue weighted by atomic mass is 16.5. The molecule has 2 aromatic carbocycles. The van der Waals surface area contributed by atoms with Crippen LogP contribution in [0.25, 0.3) is 0 Å². The van der Waals surface area contributed by atoms with Gasteiger partial charge in [0, 0.05) is 25.6 Å². The number of hydrogen-bond donors (Lipinski definition) is 2. The molecule has 3 amide bonds. The molecule has 0 spiro atoms. The Morgan fingerprint density at radius 2 is 1.68 bits per heavy atom. The number of carbonyl (C=O) groups is 3. The summed E-state index contributed by atoms with van der Waals surface area (Å²) < 4.78 is 5.39. The van der Waals surface area contributed by atoms with Crippen molar-refractivity contribution in [2.75, 3.05) is 23.9 Å². The monoisotopic (exact) mass is 460 g/mol. The van der Waals surface area contributed by atoms with Crippen LogP contribution in [0.15, 0.2) is 72.9 Å². The van der Waals surface area contributed by atoms with Crippen LogP contribution in [0.2, 0.25) is 0 Å². The van der Waals surface area contributed by atoms with Gasteiger partial charge in [-0.25, -0.2) is 4.98 Å². The third kappa shape index (κ3) is 7.16. The fourth-order valence-electron chi connectivity index (χ4n) is 3.32. The molecular formula is C26H28N4O4. The summed E-state index contributed by atoms with van der Waals surface area (Å²) in [6, 6.07) is 20.0. The predicted octanol–water partition coefficient (Wildman–Crippen LogP) is 3.47. The van der Waals surface area contributed by atoms with Crippen molar-refractivity contribution in [1.82, 2.24) is 10.3 Å². The molecule has 0 atom stereocenters. The van der Waals surface area contributed by atoms with Crippen molar-refractivity contribution in [3.8, 4) is 5.75 Å². The number of amides is 3. The predicted molar refractivity (Wildman–Crippen MR) is 130 cm³/mol. The first-order chi connectivity index (χ1) is 16.5. The molecule has 3 rings (SSSR count). The summed E-state index contributed by atoms with van der Waals surface area (Å²) in [5.74, 6) is -0.136. The Labute approximate surface area is 199 Å². The number of para-hydroxylation sites is 2. The number of hydrogen-bond acceptors (Lipinski definition) is 5. The molecule has 0 aliphatic rings. The van der Waals surface area contributed by atoms with Crippen molar-refractivity contribution in [3.05, 3.63) is 84.1 Å². The zero-order valence-corrected chi connectivity index (χ0v) is 19.3. The van der Waals surface area contributed by atoms with E-state index in [2.05, 4.69) is 15.6 Å². The van der Waals surface area contributed by atoms with Gasteiger partial charge in [-0.1, -0.05) is 42.5 Å². The van der Waals surface area contributed by atoms with E-state index in [4.69, 9.17) is 4.74 Å². The van der Waals surface area contributed by atoms with Gasteiger partial charge in [0.2, 0.25) is 17.7 Å². The molecule has 0 bridgehead atoms.